The SMILES string of the molecule is C[C@H]1CC[C@H](Cn2c(N3CCOC[C@H]3c3ccccc3)nc3nc(C4=NO[C@@H](O)N4)nc(-c4cc(Cl)nc(Cl)c4)c32)CC1. The number of halogens is 2. The van der Waals surface area contributed by atoms with Crippen LogP contribution in [0.5, 0.6) is 0 Å². The van der Waals surface area contributed by atoms with E-state index in [4.69, 9.17) is 47.7 Å². The summed E-state index contributed by atoms with van der Waals surface area (Å²) in [7, 11) is 0. The van der Waals surface area contributed by atoms with E-state index in [1.807, 2.05) is 18.2 Å². The van der Waals surface area contributed by atoms with Gasteiger partial charge in [0.15, 0.2) is 5.65 Å². The molecule has 2 fully saturated rings. The number of nitrogens with zero attached hydrogens (tertiary/aromatic N) is 7. The molecule has 11 nitrogen and oxygen atoms in total. The molecule has 1 aromatic carbocycles. The van der Waals surface area contributed by atoms with Crippen molar-refractivity contribution in [2.75, 3.05) is 24.7 Å². The predicted octanol–water partition coefficient (Wildman–Crippen LogP) is 5.16. The Kier molecular flexibility index (Phi) is 7.81. The highest BCUT2D eigenvalue weighted by Gasteiger charge is 2.33. The number of imidazole rings is 1. The summed E-state index contributed by atoms with van der Waals surface area (Å²) < 4.78 is 8.25. The second kappa shape index (κ2) is 11.9. The highest BCUT2D eigenvalue weighted by molar-refractivity contribution is 6.33. The van der Waals surface area contributed by atoms with Gasteiger partial charge < -0.3 is 29.5 Å². The first-order chi connectivity index (χ1) is 20.9. The van der Waals surface area contributed by atoms with Gasteiger partial charge in [-0.1, -0.05) is 78.5 Å². The molecule has 0 bridgehead atoms. The van der Waals surface area contributed by atoms with Gasteiger partial charge in [-0.3, -0.25) is 0 Å². The molecule has 2 aliphatic heterocycles. The average molecular weight is 624 g/mol. The lowest BCUT2D eigenvalue weighted by atomic mass is 9.83. The van der Waals surface area contributed by atoms with E-state index in [1.165, 1.54) is 12.8 Å². The van der Waals surface area contributed by atoms with Crippen molar-refractivity contribution in [3.8, 4) is 11.3 Å². The van der Waals surface area contributed by atoms with Crippen molar-refractivity contribution in [3.63, 3.8) is 0 Å². The minimum Gasteiger partial charge on any atom is -0.377 e. The molecule has 4 aromatic rings. The van der Waals surface area contributed by atoms with Gasteiger partial charge in [-0.15, -0.1) is 0 Å². The van der Waals surface area contributed by atoms with Crippen LogP contribution in [-0.4, -0.2) is 61.6 Å². The van der Waals surface area contributed by atoms with Gasteiger partial charge in [0.1, 0.15) is 21.5 Å². The number of aliphatic hydroxyl groups excluding tert-OH is 1. The fraction of sp³-hybridized carbons (Fsp3) is 0.433. The molecule has 0 radical (unpaired) electrons. The van der Waals surface area contributed by atoms with Crippen LogP contribution < -0.4 is 10.2 Å². The normalized spacial score (nSPS) is 24.1. The molecule has 1 saturated heterocycles. The number of aliphatic hydroxyl groups is 1. The first-order valence-corrected chi connectivity index (χ1v) is 15.4. The summed E-state index contributed by atoms with van der Waals surface area (Å²) >= 11 is 12.8. The zero-order valence-corrected chi connectivity index (χ0v) is 25.2. The molecule has 5 heterocycles. The molecule has 2 atom stereocenters. The van der Waals surface area contributed by atoms with Crippen LogP contribution in [0.3, 0.4) is 0 Å². The van der Waals surface area contributed by atoms with Crippen LogP contribution in [0, 0.1) is 11.8 Å². The van der Waals surface area contributed by atoms with E-state index in [0.29, 0.717) is 42.6 Å². The van der Waals surface area contributed by atoms with E-state index in [9.17, 15) is 5.11 Å². The van der Waals surface area contributed by atoms with Gasteiger partial charge >= 0.3 is 6.41 Å². The molecule has 13 heteroatoms. The van der Waals surface area contributed by atoms with Crippen LogP contribution in [0.15, 0.2) is 47.6 Å². The lowest BCUT2D eigenvalue weighted by molar-refractivity contribution is -0.0896. The number of anilines is 1. The number of benzene rings is 1. The number of nitrogens with one attached hydrogen (secondary N) is 1. The summed E-state index contributed by atoms with van der Waals surface area (Å²) in [5.74, 6) is 2.45. The van der Waals surface area contributed by atoms with Crippen molar-refractivity contribution in [1.82, 2.24) is 29.8 Å². The van der Waals surface area contributed by atoms with E-state index < -0.39 is 6.41 Å². The van der Waals surface area contributed by atoms with Crippen LogP contribution in [0.4, 0.5) is 5.95 Å². The Labute approximate surface area is 258 Å². The van der Waals surface area contributed by atoms with Crippen molar-refractivity contribution in [3.05, 3.63) is 64.2 Å². The Bertz CT molecular complexity index is 1640. The number of morpholine rings is 1. The molecule has 3 aromatic heterocycles. The van der Waals surface area contributed by atoms with E-state index >= 15 is 0 Å². The van der Waals surface area contributed by atoms with E-state index in [2.05, 4.69) is 44.0 Å². The molecule has 0 amide bonds. The third-order valence-corrected chi connectivity index (χ3v) is 8.87. The van der Waals surface area contributed by atoms with Crippen LogP contribution in [-0.2, 0) is 16.1 Å². The molecule has 2 N–H and O–H groups in total. The summed E-state index contributed by atoms with van der Waals surface area (Å²) in [6.45, 7) is 4.89. The second-order valence-corrected chi connectivity index (χ2v) is 12.2. The molecule has 1 saturated carbocycles. The third-order valence-electron chi connectivity index (χ3n) is 8.48. The molecule has 224 valence electrons. The van der Waals surface area contributed by atoms with E-state index in [1.54, 1.807) is 12.1 Å². The second-order valence-electron chi connectivity index (χ2n) is 11.5. The van der Waals surface area contributed by atoms with Gasteiger partial charge in [0.05, 0.1) is 19.3 Å². The number of pyridine rings is 1. The number of amidine groups is 1. The number of ether oxygens (including phenoxy) is 1. The topological polar surface area (TPSA) is 123 Å². The minimum atomic E-state index is -1.29. The number of hydrogen-bond acceptors (Lipinski definition) is 10. The number of rotatable bonds is 6. The van der Waals surface area contributed by atoms with E-state index in [0.717, 1.165) is 42.3 Å². The summed E-state index contributed by atoms with van der Waals surface area (Å²) in [6.07, 6.45) is 3.40. The van der Waals surface area contributed by atoms with Crippen molar-refractivity contribution in [1.29, 1.82) is 0 Å². The fourth-order valence-electron chi connectivity index (χ4n) is 6.27. The lowest BCUT2D eigenvalue weighted by Gasteiger charge is -2.37. The largest absolute Gasteiger partial charge is 0.377 e. The zero-order chi connectivity index (χ0) is 29.5. The number of oxime groups is 1. The van der Waals surface area contributed by atoms with Gasteiger partial charge in [0.25, 0.3) is 0 Å². The maximum Gasteiger partial charge on any atom is 0.305 e. The van der Waals surface area contributed by atoms with Crippen LogP contribution in [0.1, 0.15) is 50.0 Å². The maximum atomic E-state index is 9.91. The van der Waals surface area contributed by atoms with Gasteiger partial charge in [-0.25, -0.2) is 15.0 Å². The van der Waals surface area contributed by atoms with Gasteiger partial charge in [-0.2, -0.15) is 4.98 Å². The monoisotopic (exact) mass is 622 g/mol. The van der Waals surface area contributed by atoms with Crippen molar-refractivity contribution in [2.24, 2.45) is 17.0 Å². The first kappa shape index (κ1) is 28.3. The highest BCUT2D eigenvalue weighted by atomic mass is 35.5. The first-order valence-electron chi connectivity index (χ1n) is 14.6. The predicted molar refractivity (Wildman–Crippen MR) is 164 cm³/mol. The molecule has 1 aliphatic carbocycles. The number of aromatic nitrogens is 5. The Morgan fingerprint density at radius 1 is 1.00 bits per heavy atom. The summed E-state index contributed by atoms with van der Waals surface area (Å²) in [5, 5.41) is 17.1. The molecule has 7 rings (SSSR count). The molecular formula is C30H32Cl2N8O3. The summed E-state index contributed by atoms with van der Waals surface area (Å²) in [6, 6.07) is 13.8. The molecule has 0 spiro atoms. The Morgan fingerprint density at radius 3 is 2.49 bits per heavy atom. The van der Waals surface area contributed by atoms with Crippen molar-refractivity contribution >= 4 is 46.1 Å². The molecule has 43 heavy (non-hydrogen) atoms. The van der Waals surface area contributed by atoms with Gasteiger partial charge in [0.2, 0.25) is 17.6 Å². The Morgan fingerprint density at radius 2 is 1.77 bits per heavy atom. The number of hydrogen-bond donors (Lipinski definition) is 2. The fourth-order valence-corrected chi connectivity index (χ4v) is 6.73. The minimum absolute atomic E-state index is 0.0259. The molecular weight excluding hydrogens is 591 g/mol. The Hall–Kier alpha value is -3.51. The highest BCUT2D eigenvalue weighted by Crippen LogP contribution is 2.38. The summed E-state index contributed by atoms with van der Waals surface area (Å²) in [5.41, 5.74) is 3.68. The van der Waals surface area contributed by atoms with E-state index in [-0.39, 0.29) is 28.0 Å². The molecule has 0 unspecified atom stereocenters. The maximum absolute atomic E-state index is 9.91. The quantitative estimate of drug-likeness (QED) is 0.281. The van der Waals surface area contributed by atoms with Crippen LogP contribution in [0.2, 0.25) is 10.3 Å². The Balaban J connectivity index is 1.44. The average Bonchev–Trinajstić information content (AvgIpc) is 3.61. The standard InChI is InChI=1S/C30H32Cl2N8O3/c1-17-7-9-18(10-8-17)15-40-25-24(20-13-22(31)33-23(32)14-20)34-27(28-37-30(41)43-38-28)35-26(25)36-29(40)39-11-12-42-16-21(39)19-5-3-2-4-6-19/h2-6,13-14,17-18,21,30,41H,7-12,15-16H2,1H3,(H,37,38)/t17-,18-,21-,30+/m0/s1. The smallest absolute Gasteiger partial charge is 0.305 e. The zero-order valence-electron chi connectivity index (χ0n) is 23.7. The molecule has 3 aliphatic rings. The lowest BCUT2D eigenvalue weighted by Crippen LogP contribution is -2.41. The van der Waals surface area contributed by atoms with Crippen LogP contribution >= 0.6 is 23.2 Å². The number of fused-ring (bicyclic) bond motifs is 1. The van der Waals surface area contributed by atoms with Crippen LogP contribution in [0.25, 0.3) is 22.4 Å². The van der Waals surface area contributed by atoms with Gasteiger partial charge in [0, 0.05) is 18.7 Å². The van der Waals surface area contributed by atoms with Gasteiger partial charge in [-0.05, 0) is 42.4 Å². The third kappa shape index (κ3) is 5.74. The van der Waals surface area contributed by atoms with Crippen molar-refractivity contribution < 1.29 is 14.7 Å². The summed E-state index contributed by atoms with van der Waals surface area (Å²) in [4.78, 5) is 26.4. The van der Waals surface area contributed by atoms with Crippen molar-refractivity contribution in [2.45, 2.75) is 51.6 Å².